The fourth-order valence-electron chi connectivity index (χ4n) is 1.60. The summed E-state index contributed by atoms with van der Waals surface area (Å²) in [5, 5.41) is 4.16. The number of halogens is 1. The van der Waals surface area contributed by atoms with Crippen molar-refractivity contribution in [2.45, 2.75) is 19.5 Å². The maximum Gasteiger partial charge on any atom is 0.0451 e. The third-order valence-electron chi connectivity index (χ3n) is 2.86. The molecule has 0 radical (unpaired) electrons. The molecule has 94 valence electrons. The van der Waals surface area contributed by atoms with Gasteiger partial charge in [-0.2, -0.15) is 0 Å². The Balaban J connectivity index is 2.45. The predicted molar refractivity (Wildman–Crippen MR) is 75.4 cm³/mol. The normalized spacial score (nSPS) is 12.7. The molecular formula is C14H21ClN2. The molecule has 0 fully saturated rings. The highest BCUT2D eigenvalue weighted by atomic mass is 35.5. The maximum absolute atomic E-state index is 6.14. The second kappa shape index (κ2) is 7.49. The molecule has 0 saturated heterocycles. The van der Waals surface area contributed by atoms with Crippen LogP contribution in [-0.2, 0) is 6.54 Å². The van der Waals surface area contributed by atoms with Crippen LogP contribution in [0.1, 0.15) is 12.5 Å². The highest BCUT2D eigenvalue weighted by Crippen LogP contribution is 2.17. The van der Waals surface area contributed by atoms with Crippen LogP contribution in [-0.4, -0.2) is 31.1 Å². The third kappa shape index (κ3) is 4.90. The van der Waals surface area contributed by atoms with Crippen LogP contribution < -0.4 is 5.32 Å². The number of hydrogen-bond donors (Lipinski definition) is 1. The van der Waals surface area contributed by atoms with Crippen molar-refractivity contribution in [1.82, 2.24) is 10.2 Å². The lowest BCUT2D eigenvalue weighted by atomic mass is 10.2. The number of nitrogens with zero attached hydrogens (tertiary/aromatic N) is 1. The molecule has 0 aliphatic rings. The molecule has 1 aromatic rings. The Morgan fingerprint density at radius 3 is 2.82 bits per heavy atom. The highest BCUT2D eigenvalue weighted by molar-refractivity contribution is 6.31. The summed E-state index contributed by atoms with van der Waals surface area (Å²) in [5.41, 5.74) is 1.17. The van der Waals surface area contributed by atoms with Crippen LogP contribution in [0.4, 0.5) is 0 Å². The number of nitrogens with one attached hydrogen (secondary N) is 1. The van der Waals surface area contributed by atoms with Crippen molar-refractivity contribution < 1.29 is 0 Å². The summed E-state index contributed by atoms with van der Waals surface area (Å²) in [6, 6.07) is 8.45. The zero-order valence-corrected chi connectivity index (χ0v) is 11.4. The predicted octanol–water partition coefficient (Wildman–Crippen LogP) is 2.94. The van der Waals surface area contributed by atoms with Gasteiger partial charge < -0.3 is 5.32 Å². The van der Waals surface area contributed by atoms with E-state index in [9.17, 15) is 0 Å². The van der Waals surface area contributed by atoms with Gasteiger partial charge in [-0.15, -0.1) is 6.58 Å². The number of benzene rings is 1. The SMILES string of the molecule is C=CCNCC(C)N(C)Cc1ccccc1Cl. The van der Waals surface area contributed by atoms with Crippen molar-refractivity contribution in [3.8, 4) is 0 Å². The van der Waals surface area contributed by atoms with Gasteiger partial charge in [0.2, 0.25) is 0 Å². The zero-order valence-electron chi connectivity index (χ0n) is 10.6. The molecule has 0 aliphatic heterocycles. The molecule has 1 atom stereocenters. The molecule has 0 aromatic heterocycles. The quantitative estimate of drug-likeness (QED) is 0.593. The topological polar surface area (TPSA) is 15.3 Å². The standard InChI is InChI=1S/C14H21ClN2/c1-4-9-16-10-12(2)17(3)11-13-7-5-6-8-14(13)15/h4-8,12,16H,1,9-11H2,2-3H3. The summed E-state index contributed by atoms with van der Waals surface area (Å²) >= 11 is 6.14. The molecule has 0 bridgehead atoms. The maximum atomic E-state index is 6.14. The first-order valence-corrected chi connectivity index (χ1v) is 6.28. The van der Waals surface area contributed by atoms with Crippen molar-refractivity contribution in [3.63, 3.8) is 0 Å². The first kappa shape index (κ1) is 14.2. The molecule has 0 spiro atoms. The Bertz CT molecular complexity index is 352. The Morgan fingerprint density at radius 1 is 1.47 bits per heavy atom. The molecule has 0 heterocycles. The van der Waals surface area contributed by atoms with Crippen molar-refractivity contribution in [2.24, 2.45) is 0 Å². The number of rotatable bonds is 7. The van der Waals surface area contributed by atoms with E-state index in [4.69, 9.17) is 11.6 Å². The van der Waals surface area contributed by atoms with Crippen LogP contribution in [0.15, 0.2) is 36.9 Å². The van der Waals surface area contributed by atoms with Gasteiger partial charge in [0.15, 0.2) is 0 Å². The van der Waals surface area contributed by atoms with Gasteiger partial charge >= 0.3 is 0 Å². The summed E-state index contributed by atoms with van der Waals surface area (Å²) < 4.78 is 0. The minimum atomic E-state index is 0.464. The molecule has 1 aromatic carbocycles. The minimum Gasteiger partial charge on any atom is -0.312 e. The number of likely N-dealkylation sites (N-methyl/N-ethyl adjacent to an activating group) is 1. The van der Waals surface area contributed by atoms with Crippen LogP contribution in [0, 0.1) is 0 Å². The molecule has 0 amide bonds. The molecule has 1 rings (SSSR count). The largest absolute Gasteiger partial charge is 0.312 e. The Morgan fingerprint density at radius 2 is 2.18 bits per heavy atom. The highest BCUT2D eigenvalue weighted by Gasteiger charge is 2.10. The Labute approximate surface area is 109 Å². The van der Waals surface area contributed by atoms with Gasteiger partial charge in [-0.3, -0.25) is 4.90 Å². The molecular weight excluding hydrogens is 232 g/mol. The van der Waals surface area contributed by atoms with Crippen LogP contribution >= 0.6 is 11.6 Å². The smallest absolute Gasteiger partial charge is 0.0451 e. The van der Waals surface area contributed by atoms with Gasteiger partial charge in [-0.1, -0.05) is 35.9 Å². The molecule has 2 nitrogen and oxygen atoms in total. The third-order valence-corrected chi connectivity index (χ3v) is 3.23. The molecule has 1 N–H and O–H groups in total. The van der Waals surface area contributed by atoms with E-state index in [-0.39, 0.29) is 0 Å². The van der Waals surface area contributed by atoms with Crippen LogP contribution in [0.25, 0.3) is 0 Å². The average molecular weight is 253 g/mol. The van der Waals surface area contributed by atoms with Crippen LogP contribution in [0.3, 0.4) is 0 Å². The monoisotopic (exact) mass is 252 g/mol. The lowest BCUT2D eigenvalue weighted by Crippen LogP contribution is -2.37. The second-order valence-electron chi connectivity index (χ2n) is 4.30. The summed E-state index contributed by atoms with van der Waals surface area (Å²) in [6.07, 6.45) is 1.88. The fourth-order valence-corrected chi connectivity index (χ4v) is 1.80. The number of hydrogen-bond acceptors (Lipinski definition) is 2. The van der Waals surface area contributed by atoms with E-state index in [2.05, 4.69) is 36.8 Å². The first-order chi connectivity index (χ1) is 8.15. The van der Waals surface area contributed by atoms with Crippen LogP contribution in [0.5, 0.6) is 0 Å². The second-order valence-corrected chi connectivity index (χ2v) is 4.71. The van der Waals surface area contributed by atoms with Gasteiger partial charge in [-0.25, -0.2) is 0 Å². The van der Waals surface area contributed by atoms with Crippen molar-refractivity contribution in [2.75, 3.05) is 20.1 Å². The van der Waals surface area contributed by atoms with E-state index in [1.54, 1.807) is 0 Å². The lowest BCUT2D eigenvalue weighted by Gasteiger charge is -2.25. The zero-order chi connectivity index (χ0) is 12.7. The molecule has 3 heteroatoms. The fraction of sp³-hybridized carbons (Fsp3) is 0.429. The average Bonchev–Trinajstić information content (AvgIpc) is 2.32. The van der Waals surface area contributed by atoms with E-state index in [1.165, 1.54) is 5.56 Å². The van der Waals surface area contributed by atoms with E-state index in [0.717, 1.165) is 24.7 Å². The molecule has 1 unspecified atom stereocenters. The van der Waals surface area contributed by atoms with E-state index < -0.39 is 0 Å². The van der Waals surface area contributed by atoms with Crippen molar-refractivity contribution >= 4 is 11.6 Å². The van der Waals surface area contributed by atoms with Gasteiger partial charge in [0.1, 0.15) is 0 Å². The summed E-state index contributed by atoms with van der Waals surface area (Å²) in [5.74, 6) is 0. The van der Waals surface area contributed by atoms with E-state index in [0.29, 0.717) is 6.04 Å². The van der Waals surface area contributed by atoms with E-state index >= 15 is 0 Å². The van der Waals surface area contributed by atoms with Gasteiger partial charge in [-0.05, 0) is 25.6 Å². The van der Waals surface area contributed by atoms with E-state index in [1.807, 2.05) is 24.3 Å². The lowest BCUT2D eigenvalue weighted by molar-refractivity contribution is 0.245. The van der Waals surface area contributed by atoms with Gasteiger partial charge in [0.25, 0.3) is 0 Å². The first-order valence-electron chi connectivity index (χ1n) is 5.90. The molecule has 0 saturated carbocycles. The van der Waals surface area contributed by atoms with Gasteiger partial charge in [0.05, 0.1) is 0 Å². The summed E-state index contributed by atoms with van der Waals surface area (Å²) in [6.45, 7) is 8.56. The Hall–Kier alpha value is -0.830. The molecule has 17 heavy (non-hydrogen) atoms. The summed E-state index contributed by atoms with van der Waals surface area (Å²) in [7, 11) is 2.11. The van der Waals surface area contributed by atoms with Crippen LogP contribution in [0.2, 0.25) is 5.02 Å². The van der Waals surface area contributed by atoms with Gasteiger partial charge in [0, 0.05) is 30.7 Å². The van der Waals surface area contributed by atoms with Crippen molar-refractivity contribution in [1.29, 1.82) is 0 Å². The van der Waals surface area contributed by atoms with Crippen molar-refractivity contribution in [3.05, 3.63) is 47.5 Å². The Kier molecular flexibility index (Phi) is 6.27. The summed E-state index contributed by atoms with van der Waals surface area (Å²) in [4.78, 5) is 2.29. The minimum absolute atomic E-state index is 0.464. The molecule has 0 aliphatic carbocycles.